The van der Waals surface area contributed by atoms with Crippen molar-refractivity contribution in [2.45, 2.75) is 86.2 Å². The van der Waals surface area contributed by atoms with Crippen LogP contribution in [0.5, 0.6) is 5.75 Å². The van der Waals surface area contributed by atoms with E-state index in [4.69, 9.17) is 0 Å². The number of likely N-dealkylation sites (N-methyl/N-ethyl adjacent to an activating group) is 1. The van der Waals surface area contributed by atoms with Crippen LogP contribution in [0.4, 0.5) is 0 Å². The van der Waals surface area contributed by atoms with Gasteiger partial charge in [-0.25, -0.2) is 4.79 Å². The minimum Gasteiger partial charge on any atom is -0.508 e. The van der Waals surface area contributed by atoms with Crippen LogP contribution in [0.1, 0.15) is 74.3 Å². The molecule has 2 amide bonds. The Morgan fingerprint density at radius 1 is 1.09 bits per heavy atom. The van der Waals surface area contributed by atoms with Crippen molar-refractivity contribution in [3.8, 4) is 5.75 Å². The molecule has 0 unspecified atom stereocenters. The summed E-state index contributed by atoms with van der Waals surface area (Å²) in [7, 11) is 1.65. The van der Waals surface area contributed by atoms with E-state index in [0.29, 0.717) is 12.0 Å². The van der Waals surface area contributed by atoms with E-state index in [1.165, 1.54) is 11.8 Å². The Morgan fingerprint density at radius 3 is 2.06 bits per heavy atom. The third-order valence-electron chi connectivity index (χ3n) is 6.83. The topological polar surface area (TPSA) is 107 Å². The van der Waals surface area contributed by atoms with Crippen LogP contribution < -0.4 is 5.32 Å². The summed E-state index contributed by atoms with van der Waals surface area (Å²) in [5.41, 5.74) is -0.434. The van der Waals surface area contributed by atoms with Crippen molar-refractivity contribution < 1.29 is 24.6 Å². The normalized spacial score (nSPS) is 15.3. The Labute approximate surface area is 210 Å². The van der Waals surface area contributed by atoms with Gasteiger partial charge in [-0.3, -0.25) is 9.59 Å². The lowest BCUT2D eigenvalue weighted by Gasteiger charge is -2.40. The van der Waals surface area contributed by atoms with Crippen LogP contribution in [0, 0.1) is 17.3 Å². The molecule has 0 fully saturated rings. The molecule has 1 rings (SSSR count). The lowest BCUT2D eigenvalue weighted by Crippen LogP contribution is -2.58. The van der Waals surface area contributed by atoms with E-state index in [0.717, 1.165) is 0 Å². The number of phenols is 1. The maximum Gasteiger partial charge on any atom is 0.331 e. The van der Waals surface area contributed by atoms with Gasteiger partial charge in [-0.1, -0.05) is 79.7 Å². The molecule has 7 heteroatoms. The van der Waals surface area contributed by atoms with Gasteiger partial charge in [0.25, 0.3) is 0 Å². The maximum atomic E-state index is 13.7. The molecule has 0 radical (unpaired) electrons. The van der Waals surface area contributed by atoms with Crippen LogP contribution >= 0.6 is 0 Å². The highest BCUT2D eigenvalue weighted by atomic mass is 16.4. The number of phenolic OH excluding ortho intramolecular Hbond substituents is 1. The van der Waals surface area contributed by atoms with Crippen molar-refractivity contribution in [3.05, 3.63) is 41.5 Å². The largest absolute Gasteiger partial charge is 0.508 e. The molecule has 3 N–H and O–H groups in total. The SMILES string of the molecule is CC[C@H](C(=O)N[C@H](C(=O)N(C)[C@H](/C=C(\C)C(=O)O)C(C)C)C(C)(C)C)C(C)(C)c1ccccc1O. The van der Waals surface area contributed by atoms with Crippen LogP contribution in [0.3, 0.4) is 0 Å². The van der Waals surface area contributed by atoms with Crippen molar-refractivity contribution >= 4 is 17.8 Å². The molecule has 35 heavy (non-hydrogen) atoms. The van der Waals surface area contributed by atoms with Crippen molar-refractivity contribution in [3.63, 3.8) is 0 Å². The van der Waals surface area contributed by atoms with E-state index >= 15 is 0 Å². The Kier molecular flexibility index (Phi) is 10.1. The molecule has 0 aliphatic carbocycles. The summed E-state index contributed by atoms with van der Waals surface area (Å²) in [5.74, 6) is -1.97. The number of nitrogens with one attached hydrogen (secondary N) is 1. The third kappa shape index (κ3) is 7.33. The van der Waals surface area contributed by atoms with Crippen molar-refractivity contribution in [2.24, 2.45) is 17.3 Å². The lowest BCUT2D eigenvalue weighted by molar-refractivity contribution is -0.141. The Balaban J connectivity index is 3.34. The summed E-state index contributed by atoms with van der Waals surface area (Å²) in [5, 5.41) is 22.8. The van der Waals surface area contributed by atoms with Gasteiger partial charge in [0.05, 0.1) is 6.04 Å². The zero-order valence-corrected chi connectivity index (χ0v) is 23.0. The number of rotatable bonds is 10. The number of carboxylic acid groups (broad SMARTS) is 1. The van der Waals surface area contributed by atoms with Crippen LogP contribution in [0.2, 0.25) is 0 Å². The molecule has 0 aliphatic heterocycles. The number of aliphatic carboxylic acids is 1. The highest BCUT2D eigenvalue weighted by Gasteiger charge is 2.42. The van der Waals surface area contributed by atoms with Crippen LogP contribution in [-0.4, -0.2) is 52.0 Å². The third-order valence-corrected chi connectivity index (χ3v) is 6.83. The molecule has 0 saturated carbocycles. The summed E-state index contributed by atoms with van der Waals surface area (Å²) < 4.78 is 0. The quantitative estimate of drug-likeness (QED) is 0.412. The average Bonchev–Trinajstić information content (AvgIpc) is 2.73. The first-order valence-corrected chi connectivity index (χ1v) is 12.2. The summed E-state index contributed by atoms with van der Waals surface area (Å²) in [6, 6.07) is 5.73. The first kappa shape index (κ1) is 30.2. The van der Waals surface area contributed by atoms with E-state index in [1.807, 2.05) is 67.5 Å². The smallest absolute Gasteiger partial charge is 0.331 e. The summed E-state index contributed by atoms with van der Waals surface area (Å²) in [6.07, 6.45) is 2.10. The van der Waals surface area contributed by atoms with E-state index < -0.39 is 34.8 Å². The van der Waals surface area contributed by atoms with Crippen LogP contribution in [0.15, 0.2) is 35.9 Å². The van der Waals surface area contributed by atoms with Crippen LogP contribution in [-0.2, 0) is 19.8 Å². The molecule has 0 aliphatic rings. The molecule has 3 atom stereocenters. The van der Waals surface area contributed by atoms with Gasteiger partial charge in [0.1, 0.15) is 11.8 Å². The van der Waals surface area contributed by atoms with E-state index in [9.17, 15) is 24.6 Å². The molecule has 0 spiro atoms. The molecule has 7 nitrogen and oxygen atoms in total. The second kappa shape index (κ2) is 11.7. The number of hydrogen-bond donors (Lipinski definition) is 3. The molecule has 0 bridgehead atoms. The number of carboxylic acids is 1. The van der Waals surface area contributed by atoms with Gasteiger partial charge in [0.15, 0.2) is 0 Å². The van der Waals surface area contributed by atoms with Gasteiger partial charge in [0, 0.05) is 29.5 Å². The van der Waals surface area contributed by atoms with E-state index in [1.54, 1.807) is 25.3 Å². The van der Waals surface area contributed by atoms with Gasteiger partial charge in [-0.15, -0.1) is 0 Å². The molecule has 0 saturated heterocycles. The summed E-state index contributed by atoms with van der Waals surface area (Å²) >= 11 is 0. The van der Waals surface area contributed by atoms with Gasteiger partial charge in [-0.05, 0) is 30.7 Å². The minimum absolute atomic E-state index is 0.0297. The number of benzene rings is 1. The second-order valence-electron chi connectivity index (χ2n) is 11.3. The Morgan fingerprint density at radius 2 is 1.63 bits per heavy atom. The monoisotopic (exact) mass is 488 g/mol. The lowest BCUT2D eigenvalue weighted by atomic mass is 9.71. The highest BCUT2D eigenvalue weighted by molar-refractivity contribution is 5.90. The zero-order valence-electron chi connectivity index (χ0n) is 23.0. The maximum absolute atomic E-state index is 13.7. The first-order chi connectivity index (χ1) is 16.0. The molecule has 0 heterocycles. The minimum atomic E-state index is -1.03. The molecular formula is C28H44N2O5. The number of hydrogen-bond acceptors (Lipinski definition) is 4. The predicted molar refractivity (Wildman–Crippen MR) is 139 cm³/mol. The Hall–Kier alpha value is -2.83. The fourth-order valence-corrected chi connectivity index (χ4v) is 4.55. The van der Waals surface area contributed by atoms with Crippen molar-refractivity contribution in [1.82, 2.24) is 10.2 Å². The first-order valence-electron chi connectivity index (χ1n) is 12.2. The fraction of sp³-hybridized carbons (Fsp3) is 0.607. The number of aromatic hydroxyl groups is 1. The van der Waals surface area contributed by atoms with Gasteiger partial charge < -0.3 is 20.4 Å². The summed E-state index contributed by atoms with van der Waals surface area (Å²) in [4.78, 5) is 40.2. The molecule has 1 aromatic carbocycles. The van der Waals surface area contributed by atoms with Gasteiger partial charge in [-0.2, -0.15) is 0 Å². The average molecular weight is 489 g/mol. The standard InChI is InChI=1S/C28H44N2O5/c1-11-19(28(8,9)20-14-12-13-15-22(20)31)24(32)29-23(27(5,6)7)25(33)30(10)21(17(2)3)16-18(4)26(34)35/h12-17,19,21,23,31H,11H2,1-10H3,(H,29,32)(H,34,35)/b18-16+/t19-,21-,23-/m1/s1. The Bertz CT molecular complexity index is 943. The van der Waals surface area contributed by atoms with Crippen molar-refractivity contribution in [1.29, 1.82) is 0 Å². The molecule has 0 aromatic heterocycles. The number of carbonyl (C=O) groups excluding carboxylic acids is 2. The second-order valence-corrected chi connectivity index (χ2v) is 11.3. The predicted octanol–water partition coefficient (Wildman–Crippen LogP) is 4.74. The van der Waals surface area contributed by atoms with Crippen molar-refractivity contribution in [2.75, 3.05) is 7.05 Å². The summed E-state index contributed by atoms with van der Waals surface area (Å²) in [6.45, 7) is 16.8. The number of amides is 2. The number of nitrogens with zero attached hydrogens (tertiary/aromatic N) is 1. The molecule has 1 aromatic rings. The number of para-hydroxylation sites is 1. The molecular weight excluding hydrogens is 444 g/mol. The van der Waals surface area contributed by atoms with Gasteiger partial charge >= 0.3 is 5.97 Å². The highest BCUT2D eigenvalue weighted by Crippen LogP contribution is 2.39. The van der Waals surface area contributed by atoms with E-state index in [2.05, 4.69) is 5.32 Å². The zero-order chi connectivity index (χ0) is 27.3. The fourth-order valence-electron chi connectivity index (χ4n) is 4.55. The van der Waals surface area contributed by atoms with E-state index in [-0.39, 0.29) is 29.1 Å². The van der Waals surface area contributed by atoms with Gasteiger partial charge in [0.2, 0.25) is 11.8 Å². The van der Waals surface area contributed by atoms with Crippen LogP contribution in [0.25, 0.3) is 0 Å². The number of carbonyl (C=O) groups is 3. The molecule has 196 valence electrons.